The van der Waals surface area contributed by atoms with Crippen LogP contribution in [-0.4, -0.2) is 40.7 Å². The average molecular weight is 336 g/mol. The van der Waals surface area contributed by atoms with Gasteiger partial charge in [0.25, 0.3) is 5.91 Å². The molecule has 128 valence electrons. The average Bonchev–Trinajstić information content (AvgIpc) is 2.96. The lowest BCUT2D eigenvalue weighted by Gasteiger charge is -2.18. The van der Waals surface area contributed by atoms with Crippen LogP contribution in [0.1, 0.15) is 21.6 Å². The zero-order chi connectivity index (χ0) is 18.0. The number of aryl methyl sites for hydroxylation is 1. The third-order valence-electron chi connectivity index (χ3n) is 4.11. The highest BCUT2D eigenvalue weighted by atomic mass is 16.2. The topological polar surface area (TPSA) is 57.9 Å². The second-order valence-corrected chi connectivity index (χ2v) is 6.03. The molecule has 2 heterocycles. The lowest BCUT2D eigenvalue weighted by molar-refractivity contribution is -0.107. The van der Waals surface area contributed by atoms with E-state index in [1.807, 2.05) is 37.3 Å². The van der Waals surface area contributed by atoms with Crippen LogP contribution in [0.25, 0.3) is 5.65 Å². The smallest absolute Gasteiger partial charge is 0.255 e. The van der Waals surface area contributed by atoms with E-state index in [4.69, 9.17) is 0 Å². The van der Waals surface area contributed by atoms with E-state index in [0.717, 1.165) is 17.7 Å². The number of anilines is 1. The highest BCUT2D eigenvalue weighted by Gasteiger charge is 2.17. The number of fused-ring (bicyclic) bond motifs is 1. The van der Waals surface area contributed by atoms with E-state index in [1.54, 1.807) is 41.7 Å². The summed E-state index contributed by atoms with van der Waals surface area (Å²) in [5, 5.41) is 0. The molecule has 2 aromatic heterocycles. The first-order valence-corrected chi connectivity index (χ1v) is 7.97. The summed E-state index contributed by atoms with van der Waals surface area (Å²) in [5.41, 5.74) is 3.04. The number of hydrogen-bond acceptors (Lipinski definition) is 3. The van der Waals surface area contributed by atoms with Crippen molar-refractivity contribution >= 4 is 23.8 Å². The molecular formula is C19H20N4O2. The van der Waals surface area contributed by atoms with Crippen molar-refractivity contribution in [2.45, 2.75) is 13.5 Å². The molecule has 0 aliphatic carbocycles. The number of imidazole rings is 1. The minimum atomic E-state index is -0.0863. The minimum Gasteiger partial charge on any atom is -0.337 e. The molecule has 0 saturated carbocycles. The maximum Gasteiger partial charge on any atom is 0.255 e. The normalized spacial score (nSPS) is 10.7. The van der Waals surface area contributed by atoms with Gasteiger partial charge in [0.05, 0.1) is 11.3 Å². The molecular weight excluding hydrogens is 316 g/mol. The molecule has 0 fully saturated rings. The van der Waals surface area contributed by atoms with E-state index < -0.39 is 0 Å². The van der Waals surface area contributed by atoms with E-state index >= 15 is 0 Å². The zero-order valence-electron chi connectivity index (χ0n) is 14.5. The number of nitrogens with zero attached hydrogens (tertiary/aromatic N) is 4. The number of benzene rings is 1. The minimum absolute atomic E-state index is 0.0863. The van der Waals surface area contributed by atoms with E-state index in [-0.39, 0.29) is 5.91 Å². The SMILES string of the molecule is Cc1nc2ccc(C(=O)N(C)Cc3ccccc3)cn2c1N(C)C=O. The number of carbonyl (C=O) groups is 2. The van der Waals surface area contributed by atoms with Crippen LogP contribution in [0.2, 0.25) is 0 Å². The molecule has 0 saturated heterocycles. The molecule has 25 heavy (non-hydrogen) atoms. The fourth-order valence-corrected chi connectivity index (χ4v) is 2.90. The molecule has 0 bridgehead atoms. The largest absolute Gasteiger partial charge is 0.337 e. The fraction of sp³-hybridized carbons (Fsp3) is 0.211. The molecule has 3 rings (SSSR count). The summed E-state index contributed by atoms with van der Waals surface area (Å²) in [6.07, 6.45) is 2.46. The molecule has 6 nitrogen and oxygen atoms in total. The zero-order valence-corrected chi connectivity index (χ0v) is 14.5. The summed E-state index contributed by atoms with van der Waals surface area (Å²) in [6.45, 7) is 2.37. The van der Waals surface area contributed by atoms with E-state index in [2.05, 4.69) is 4.98 Å². The molecule has 0 atom stereocenters. The van der Waals surface area contributed by atoms with Gasteiger partial charge in [-0.05, 0) is 24.6 Å². The molecule has 3 aromatic rings. The highest BCUT2D eigenvalue weighted by Crippen LogP contribution is 2.21. The van der Waals surface area contributed by atoms with Crippen LogP contribution in [0.5, 0.6) is 0 Å². The summed E-state index contributed by atoms with van der Waals surface area (Å²) in [4.78, 5) is 31.5. The predicted molar refractivity (Wildman–Crippen MR) is 96.6 cm³/mol. The van der Waals surface area contributed by atoms with Crippen LogP contribution in [-0.2, 0) is 11.3 Å². The van der Waals surface area contributed by atoms with Crippen molar-refractivity contribution in [3.05, 3.63) is 65.5 Å². The van der Waals surface area contributed by atoms with Gasteiger partial charge in [-0.2, -0.15) is 0 Å². The predicted octanol–water partition coefficient (Wildman–Crippen LogP) is 2.51. The van der Waals surface area contributed by atoms with Crippen LogP contribution in [0.15, 0.2) is 48.7 Å². The maximum absolute atomic E-state index is 12.8. The van der Waals surface area contributed by atoms with Gasteiger partial charge in [0, 0.05) is 26.8 Å². The number of pyridine rings is 1. The second-order valence-electron chi connectivity index (χ2n) is 6.03. The third kappa shape index (κ3) is 3.24. The number of carbonyl (C=O) groups excluding carboxylic acids is 2. The first kappa shape index (κ1) is 16.7. The van der Waals surface area contributed by atoms with Crippen molar-refractivity contribution in [3.8, 4) is 0 Å². The quantitative estimate of drug-likeness (QED) is 0.673. The monoisotopic (exact) mass is 336 g/mol. The van der Waals surface area contributed by atoms with Crippen LogP contribution >= 0.6 is 0 Å². The summed E-state index contributed by atoms with van der Waals surface area (Å²) in [7, 11) is 3.44. The standard InChI is InChI=1S/C19H20N4O2/c1-14-18(22(3)13-24)23-12-16(9-10-17(23)20-14)19(25)21(2)11-15-7-5-4-6-8-15/h4-10,12-13H,11H2,1-3H3. The van der Waals surface area contributed by atoms with Crippen LogP contribution < -0.4 is 4.90 Å². The van der Waals surface area contributed by atoms with Crippen LogP contribution in [0.3, 0.4) is 0 Å². The number of amides is 2. The Morgan fingerprint density at radius 2 is 1.88 bits per heavy atom. The second kappa shape index (κ2) is 6.76. The molecule has 0 aliphatic rings. The first-order valence-electron chi connectivity index (χ1n) is 7.97. The fourth-order valence-electron chi connectivity index (χ4n) is 2.90. The lowest BCUT2D eigenvalue weighted by atomic mass is 10.2. The molecule has 1 aromatic carbocycles. The van der Waals surface area contributed by atoms with Gasteiger partial charge < -0.3 is 9.80 Å². The molecule has 2 amide bonds. The van der Waals surface area contributed by atoms with Crippen molar-refractivity contribution in [2.24, 2.45) is 0 Å². The summed E-state index contributed by atoms with van der Waals surface area (Å²) in [5.74, 6) is 0.571. The Kier molecular flexibility index (Phi) is 4.52. The molecule has 6 heteroatoms. The summed E-state index contributed by atoms with van der Waals surface area (Å²) < 4.78 is 1.77. The molecule has 0 aliphatic heterocycles. The highest BCUT2D eigenvalue weighted by molar-refractivity contribution is 5.94. The lowest BCUT2D eigenvalue weighted by Crippen LogP contribution is -2.26. The van der Waals surface area contributed by atoms with Gasteiger partial charge in [0.1, 0.15) is 11.5 Å². The van der Waals surface area contributed by atoms with Gasteiger partial charge >= 0.3 is 0 Å². The third-order valence-corrected chi connectivity index (χ3v) is 4.11. The Morgan fingerprint density at radius 3 is 2.56 bits per heavy atom. The molecule has 0 spiro atoms. The van der Waals surface area contributed by atoms with Gasteiger partial charge in [-0.15, -0.1) is 0 Å². The Balaban J connectivity index is 1.92. The Bertz CT molecular complexity index is 918. The van der Waals surface area contributed by atoms with Crippen molar-refractivity contribution < 1.29 is 9.59 Å². The Hall–Kier alpha value is -3.15. The van der Waals surface area contributed by atoms with Crippen LogP contribution in [0, 0.1) is 6.92 Å². The Labute approximate surface area is 146 Å². The van der Waals surface area contributed by atoms with Crippen molar-refractivity contribution in [2.75, 3.05) is 19.0 Å². The van der Waals surface area contributed by atoms with Crippen molar-refractivity contribution in [1.82, 2.24) is 14.3 Å². The van der Waals surface area contributed by atoms with Gasteiger partial charge in [-0.25, -0.2) is 4.98 Å². The summed E-state index contributed by atoms with van der Waals surface area (Å²) in [6, 6.07) is 13.4. The van der Waals surface area contributed by atoms with Crippen molar-refractivity contribution in [3.63, 3.8) is 0 Å². The van der Waals surface area contributed by atoms with Gasteiger partial charge in [0.15, 0.2) is 0 Å². The molecule has 0 N–H and O–H groups in total. The van der Waals surface area contributed by atoms with E-state index in [0.29, 0.717) is 23.6 Å². The number of hydrogen-bond donors (Lipinski definition) is 0. The van der Waals surface area contributed by atoms with E-state index in [9.17, 15) is 9.59 Å². The first-order chi connectivity index (χ1) is 12.0. The van der Waals surface area contributed by atoms with Crippen molar-refractivity contribution in [1.29, 1.82) is 0 Å². The Morgan fingerprint density at radius 1 is 1.16 bits per heavy atom. The van der Waals surface area contributed by atoms with E-state index in [1.165, 1.54) is 4.90 Å². The molecule has 0 unspecified atom stereocenters. The summed E-state index contributed by atoms with van der Waals surface area (Å²) >= 11 is 0. The number of rotatable bonds is 5. The maximum atomic E-state index is 12.8. The molecule has 0 radical (unpaired) electrons. The number of aromatic nitrogens is 2. The van der Waals surface area contributed by atoms with Gasteiger partial charge in [0.2, 0.25) is 6.41 Å². The van der Waals surface area contributed by atoms with Gasteiger partial charge in [-0.3, -0.25) is 14.0 Å². The van der Waals surface area contributed by atoms with Crippen LogP contribution in [0.4, 0.5) is 5.82 Å². The van der Waals surface area contributed by atoms with Gasteiger partial charge in [-0.1, -0.05) is 30.3 Å².